The molecular formula is C10H19N3O. The number of aliphatic hydroxyl groups excluding tert-OH is 1. The highest BCUT2D eigenvalue weighted by atomic mass is 16.2. The molecule has 80 valence electrons. The van der Waals surface area contributed by atoms with Gasteiger partial charge in [-0.05, 0) is 26.3 Å². The van der Waals surface area contributed by atoms with Gasteiger partial charge in [-0.25, -0.2) is 4.98 Å². The zero-order valence-electron chi connectivity index (χ0n) is 8.74. The molecule has 4 heteroatoms. The van der Waals surface area contributed by atoms with Crippen LogP contribution < -0.4 is 5.32 Å². The first-order valence-electron chi connectivity index (χ1n) is 5.14. The lowest BCUT2D eigenvalue weighted by Crippen LogP contribution is -2.12. The highest BCUT2D eigenvalue weighted by molar-refractivity contribution is 4.91. The average molecular weight is 197 g/mol. The lowest BCUT2D eigenvalue weighted by Gasteiger charge is -2.06. The van der Waals surface area contributed by atoms with Crippen molar-refractivity contribution in [1.82, 2.24) is 14.9 Å². The highest BCUT2D eigenvalue weighted by Gasteiger charge is 2.00. The smallest absolute Gasteiger partial charge is 0.122 e. The van der Waals surface area contributed by atoms with Gasteiger partial charge >= 0.3 is 0 Å². The predicted molar refractivity (Wildman–Crippen MR) is 55.9 cm³/mol. The summed E-state index contributed by atoms with van der Waals surface area (Å²) >= 11 is 0. The Labute approximate surface area is 85.0 Å². The summed E-state index contributed by atoms with van der Waals surface area (Å²) < 4.78 is 2.16. The Kier molecular flexibility index (Phi) is 5.25. The van der Waals surface area contributed by atoms with Crippen LogP contribution in [0, 0.1) is 0 Å². The predicted octanol–water partition coefficient (Wildman–Crippen LogP) is 0.765. The summed E-state index contributed by atoms with van der Waals surface area (Å²) in [5.74, 6) is 1.08. The summed E-state index contributed by atoms with van der Waals surface area (Å²) in [6, 6.07) is 0. The molecule has 0 fully saturated rings. The number of rotatable bonds is 7. The van der Waals surface area contributed by atoms with Gasteiger partial charge < -0.3 is 15.0 Å². The standard InChI is InChI=1S/C10H19N3O/c1-11-9-10-12-5-7-13(10)6-3-2-4-8-14/h5,7,11,14H,2-4,6,8-9H2,1H3. The molecule has 0 aliphatic heterocycles. The average Bonchev–Trinajstić information content (AvgIpc) is 2.61. The van der Waals surface area contributed by atoms with E-state index in [9.17, 15) is 0 Å². The summed E-state index contributed by atoms with van der Waals surface area (Å²) in [5.41, 5.74) is 0. The van der Waals surface area contributed by atoms with E-state index in [1.807, 2.05) is 19.4 Å². The number of hydrogen-bond acceptors (Lipinski definition) is 3. The number of nitrogens with zero attached hydrogens (tertiary/aromatic N) is 2. The third-order valence-corrected chi connectivity index (χ3v) is 2.19. The van der Waals surface area contributed by atoms with Crippen molar-refractivity contribution >= 4 is 0 Å². The van der Waals surface area contributed by atoms with E-state index in [-0.39, 0.29) is 0 Å². The minimum Gasteiger partial charge on any atom is -0.396 e. The molecule has 0 bridgehead atoms. The Morgan fingerprint density at radius 1 is 1.43 bits per heavy atom. The van der Waals surface area contributed by atoms with Gasteiger partial charge in [-0.15, -0.1) is 0 Å². The molecular weight excluding hydrogens is 178 g/mol. The van der Waals surface area contributed by atoms with Gasteiger partial charge in [-0.2, -0.15) is 0 Å². The van der Waals surface area contributed by atoms with Gasteiger partial charge in [0.05, 0.1) is 6.54 Å². The molecule has 4 nitrogen and oxygen atoms in total. The van der Waals surface area contributed by atoms with E-state index in [1.165, 1.54) is 0 Å². The van der Waals surface area contributed by atoms with E-state index in [0.29, 0.717) is 6.61 Å². The van der Waals surface area contributed by atoms with E-state index in [1.54, 1.807) is 0 Å². The molecule has 1 aromatic rings. The Hall–Kier alpha value is -0.870. The van der Waals surface area contributed by atoms with E-state index in [0.717, 1.165) is 38.2 Å². The summed E-state index contributed by atoms with van der Waals surface area (Å²) in [6.07, 6.45) is 6.92. The molecule has 0 radical (unpaired) electrons. The van der Waals surface area contributed by atoms with Crippen LogP contribution in [0.5, 0.6) is 0 Å². The SMILES string of the molecule is CNCc1nccn1CCCCCO. The van der Waals surface area contributed by atoms with E-state index >= 15 is 0 Å². The van der Waals surface area contributed by atoms with Gasteiger partial charge in [0.1, 0.15) is 5.82 Å². The molecule has 0 unspecified atom stereocenters. The zero-order valence-corrected chi connectivity index (χ0v) is 8.74. The van der Waals surface area contributed by atoms with Crippen LogP contribution in [0.4, 0.5) is 0 Å². The fourth-order valence-corrected chi connectivity index (χ4v) is 1.44. The number of hydrogen-bond donors (Lipinski definition) is 2. The van der Waals surface area contributed by atoms with Crippen molar-refractivity contribution in [1.29, 1.82) is 0 Å². The first kappa shape index (κ1) is 11.2. The second-order valence-electron chi connectivity index (χ2n) is 3.35. The summed E-state index contributed by atoms with van der Waals surface area (Å²) in [5, 5.41) is 11.7. The third kappa shape index (κ3) is 3.47. The molecule has 0 amide bonds. The largest absolute Gasteiger partial charge is 0.396 e. The molecule has 1 aromatic heterocycles. The lowest BCUT2D eigenvalue weighted by atomic mass is 10.2. The number of aromatic nitrogens is 2. The van der Waals surface area contributed by atoms with Gasteiger partial charge in [0.2, 0.25) is 0 Å². The van der Waals surface area contributed by atoms with Crippen LogP contribution in [0.25, 0.3) is 0 Å². The van der Waals surface area contributed by atoms with Gasteiger partial charge in [-0.3, -0.25) is 0 Å². The molecule has 1 rings (SSSR count). The number of aryl methyl sites for hydroxylation is 1. The number of imidazole rings is 1. The Morgan fingerprint density at radius 3 is 3.00 bits per heavy atom. The van der Waals surface area contributed by atoms with E-state index in [4.69, 9.17) is 5.11 Å². The molecule has 2 N–H and O–H groups in total. The van der Waals surface area contributed by atoms with Gasteiger partial charge in [0.25, 0.3) is 0 Å². The molecule has 0 aromatic carbocycles. The van der Waals surface area contributed by atoms with Crippen molar-refractivity contribution < 1.29 is 5.11 Å². The summed E-state index contributed by atoms with van der Waals surface area (Å²) in [6.45, 7) is 2.11. The summed E-state index contributed by atoms with van der Waals surface area (Å²) in [4.78, 5) is 4.26. The van der Waals surface area contributed by atoms with Crippen molar-refractivity contribution in [3.63, 3.8) is 0 Å². The molecule has 0 aliphatic carbocycles. The molecule has 14 heavy (non-hydrogen) atoms. The minimum absolute atomic E-state index is 0.299. The van der Waals surface area contributed by atoms with Crippen molar-refractivity contribution in [2.45, 2.75) is 32.4 Å². The first-order valence-corrected chi connectivity index (χ1v) is 5.14. The molecule has 0 aliphatic rings. The van der Waals surface area contributed by atoms with Crippen LogP contribution in [-0.2, 0) is 13.1 Å². The van der Waals surface area contributed by atoms with Gasteiger partial charge in [-0.1, -0.05) is 0 Å². The van der Waals surface area contributed by atoms with Crippen LogP contribution >= 0.6 is 0 Å². The van der Waals surface area contributed by atoms with Crippen LogP contribution in [0.2, 0.25) is 0 Å². The van der Waals surface area contributed by atoms with Crippen LogP contribution in [-0.4, -0.2) is 28.3 Å². The maximum Gasteiger partial charge on any atom is 0.122 e. The number of nitrogens with one attached hydrogen (secondary N) is 1. The van der Waals surface area contributed by atoms with Gasteiger partial charge in [0, 0.05) is 25.5 Å². The Bertz CT molecular complexity index is 247. The van der Waals surface area contributed by atoms with Crippen LogP contribution in [0.1, 0.15) is 25.1 Å². The van der Waals surface area contributed by atoms with Crippen molar-refractivity contribution in [2.24, 2.45) is 0 Å². The molecule has 0 saturated heterocycles. The van der Waals surface area contributed by atoms with Crippen LogP contribution in [0.3, 0.4) is 0 Å². The van der Waals surface area contributed by atoms with Crippen molar-refractivity contribution in [2.75, 3.05) is 13.7 Å². The number of aliphatic hydroxyl groups is 1. The fraction of sp³-hybridized carbons (Fsp3) is 0.700. The topological polar surface area (TPSA) is 50.1 Å². The van der Waals surface area contributed by atoms with Crippen molar-refractivity contribution in [3.8, 4) is 0 Å². The molecule has 1 heterocycles. The minimum atomic E-state index is 0.299. The monoisotopic (exact) mass is 197 g/mol. The summed E-state index contributed by atoms with van der Waals surface area (Å²) in [7, 11) is 1.92. The maximum absolute atomic E-state index is 8.63. The quantitative estimate of drug-likeness (QED) is 0.635. The molecule has 0 saturated carbocycles. The number of unbranched alkanes of at least 4 members (excludes halogenated alkanes) is 2. The first-order chi connectivity index (χ1) is 6.88. The second kappa shape index (κ2) is 6.56. The fourth-order valence-electron chi connectivity index (χ4n) is 1.44. The molecule has 0 spiro atoms. The van der Waals surface area contributed by atoms with Crippen molar-refractivity contribution in [3.05, 3.63) is 18.2 Å². The normalized spacial score (nSPS) is 10.7. The molecule has 0 atom stereocenters. The zero-order chi connectivity index (χ0) is 10.2. The third-order valence-electron chi connectivity index (χ3n) is 2.19. The second-order valence-corrected chi connectivity index (χ2v) is 3.35. The van der Waals surface area contributed by atoms with E-state index in [2.05, 4.69) is 14.9 Å². The van der Waals surface area contributed by atoms with E-state index < -0.39 is 0 Å². The lowest BCUT2D eigenvalue weighted by molar-refractivity contribution is 0.281. The van der Waals surface area contributed by atoms with Gasteiger partial charge in [0.15, 0.2) is 0 Å². The Balaban J connectivity index is 2.30. The van der Waals surface area contributed by atoms with Crippen LogP contribution in [0.15, 0.2) is 12.4 Å². The maximum atomic E-state index is 8.63. The Morgan fingerprint density at radius 2 is 2.29 bits per heavy atom. The highest BCUT2D eigenvalue weighted by Crippen LogP contribution is 2.02.